The predicted octanol–water partition coefficient (Wildman–Crippen LogP) is 2.79. The molecule has 25 heavy (non-hydrogen) atoms. The molecule has 2 heterocycles. The Kier molecular flexibility index (Phi) is 5.23. The Morgan fingerprint density at radius 2 is 1.84 bits per heavy atom. The number of aromatic nitrogens is 2. The molecule has 134 valence electrons. The van der Waals surface area contributed by atoms with E-state index in [2.05, 4.69) is 36.1 Å². The minimum absolute atomic E-state index is 0.163. The fraction of sp³-hybridized carbons (Fsp3) is 0.500. The Morgan fingerprint density at radius 3 is 2.48 bits per heavy atom. The van der Waals surface area contributed by atoms with Crippen LogP contribution in [0.5, 0.6) is 0 Å². The summed E-state index contributed by atoms with van der Waals surface area (Å²) in [5.41, 5.74) is 5.43. The first-order valence-electron chi connectivity index (χ1n) is 9.09. The molecule has 0 N–H and O–H groups in total. The molecule has 1 fully saturated rings. The van der Waals surface area contributed by atoms with Crippen molar-refractivity contribution in [1.82, 2.24) is 19.6 Å². The zero-order chi connectivity index (χ0) is 18.0. The molecule has 0 aliphatic carbocycles. The van der Waals surface area contributed by atoms with E-state index in [1.807, 2.05) is 35.6 Å². The Bertz CT molecular complexity index is 757. The molecule has 0 unspecified atom stereocenters. The molecule has 0 spiro atoms. The molecular weight excluding hydrogens is 312 g/mol. The van der Waals surface area contributed by atoms with E-state index in [1.165, 1.54) is 5.56 Å². The highest BCUT2D eigenvalue weighted by atomic mass is 16.2. The highest BCUT2D eigenvalue weighted by Gasteiger charge is 2.23. The molecule has 3 rings (SSSR count). The quantitative estimate of drug-likeness (QED) is 0.859. The lowest BCUT2D eigenvalue weighted by Gasteiger charge is -2.35. The summed E-state index contributed by atoms with van der Waals surface area (Å²) in [5.74, 6) is 0.163. The third-order valence-electron chi connectivity index (χ3n) is 5.05. The lowest BCUT2D eigenvalue weighted by Crippen LogP contribution is -2.48. The molecule has 5 nitrogen and oxygen atoms in total. The maximum absolute atomic E-state index is 12.8. The number of hydrogen-bond donors (Lipinski definition) is 0. The van der Waals surface area contributed by atoms with E-state index in [-0.39, 0.29) is 5.91 Å². The highest BCUT2D eigenvalue weighted by molar-refractivity contribution is 5.95. The van der Waals surface area contributed by atoms with Gasteiger partial charge in [-0.25, -0.2) is 0 Å². The monoisotopic (exact) mass is 340 g/mol. The molecule has 0 radical (unpaired) electrons. The number of rotatable bonds is 4. The zero-order valence-corrected chi connectivity index (χ0v) is 15.7. The van der Waals surface area contributed by atoms with Crippen LogP contribution in [0.4, 0.5) is 0 Å². The van der Waals surface area contributed by atoms with Crippen molar-refractivity contribution in [3.8, 4) is 0 Å². The van der Waals surface area contributed by atoms with Crippen molar-refractivity contribution in [3.63, 3.8) is 0 Å². The first-order valence-corrected chi connectivity index (χ1v) is 9.09. The second kappa shape index (κ2) is 7.40. The van der Waals surface area contributed by atoms with E-state index in [4.69, 9.17) is 0 Å². The maximum Gasteiger partial charge on any atom is 0.254 e. The van der Waals surface area contributed by atoms with E-state index >= 15 is 0 Å². The molecule has 2 aromatic rings. The summed E-state index contributed by atoms with van der Waals surface area (Å²) in [7, 11) is 0. The third-order valence-corrected chi connectivity index (χ3v) is 5.05. The molecular formula is C20H28N4O. The van der Waals surface area contributed by atoms with Crippen LogP contribution in [-0.2, 0) is 13.1 Å². The molecule has 1 aromatic carbocycles. The fourth-order valence-corrected chi connectivity index (χ4v) is 3.36. The topological polar surface area (TPSA) is 41.4 Å². The lowest BCUT2D eigenvalue weighted by molar-refractivity contribution is 0.0627. The van der Waals surface area contributed by atoms with Crippen LogP contribution in [0.3, 0.4) is 0 Å². The summed E-state index contributed by atoms with van der Waals surface area (Å²) in [6.07, 6.45) is 2.14. The van der Waals surface area contributed by atoms with Crippen molar-refractivity contribution >= 4 is 5.91 Å². The molecule has 1 aliphatic heterocycles. The number of piperazine rings is 1. The summed E-state index contributed by atoms with van der Waals surface area (Å²) in [5, 5.41) is 4.52. The van der Waals surface area contributed by atoms with Crippen molar-refractivity contribution in [2.24, 2.45) is 0 Å². The van der Waals surface area contributed by atoms with Crippen LogP contribution in [0.15, 0.2) is 24.4 Å². The maximum atomic E-state index is 12.8. The van der Waals surface area contributed by atoms with E-state index in [9.17, 15) is 4.79 Å². The third kappa shape index (κ3) is 3.93. The average molecular weight is 340 g/mol. The van der Waals surface area contributed by atoms with Gasteiger partial charge in [0.05, 0.1) is 5.69 Å². The van der Waals surface area contributed by atoms with E-state index in [0.717, 1.165) is 61.7 Å². The normalized spacial score (nSPS) is 15.6. The summed E-state index contributed by atoms with van der Waals surface area (Å²) >= 11 is 0. The Balaban J connectivity index is 1.60. The van der Waals surface area contributed by atoms with Crippen LogP contribution in [0, 0.1) is 20.8 Å². The van der Waals surface area contributed by atoms with E-state index in [1.54, 1.807) is 0 Å². The van der Waals surface area contributed by atoms with Crippen LogP contribution in [0.2, 0.25) is 0 Å². The van der Waals surface area contributed by atoms with Crippen LogP contribution in [0.1, 0.15) is 39.7 Å². The van der Waals surface area contributed by atoms with Gasteiger partial charge in [-0.05, 0) is 39.3 Å². The van der Waals surface area contributed by atoms with Gasteiger partial charge in [0.1, 0.15) is 0 Å². The molecule has 0 atom stereocenters. The second-order valence-electron chi connectivity index (χ2n) is 6.98. The standard InChI is InChI=1S/C20H28N4O/c1-5-24-14-18(17(4)21-24)13-22-8-10-23(11-9-22)20(25)19-12-15(2)6-7-16(19)3/h6-7,12,14H,5,8-11,13H2,1-4H3. The Morgan fingerprint density at radius 1 is 1.12 bits per heavy atom. The minimum Gasteiger partial charge on any atom is -0.336 e. The molecule has 0 bridgehead atoms. The minimum atomic E-state index is 0.163. The van der Waals surface area contributed by atoms with Gasteiger partial charge in [-0.2, -0.15) is 5.10 Å². The van der Waals surface area contributed by atoms with Crippen LogP contribution in [0.25, 0.3) is 0 Å². The van der Waals surface area contributed by atoms with Gasteiger partial charge in [-0.3, -0.25) is 14.4 Å². The van der Waals surface area contributed by atoms with Gasteiger partial charge in [0, 0.05) is 56.6 Å². The lowest BCUT2D eigenvalue weighted by atomic mass is 10.0. The van der Waals surface area contributed by atoms with Crippen molar-refractivity contribution < 1.29 is 4.79 Å². The van der Waals surface area contributed by atoms with Gasteiger partial charge >= 0.3 is 0 Å². The van der Waals surface area contributed by atoms with Gasteiger partial charge in [-0.15, -0.1) is 0 Å². The van der Waals surface area contributed by atoms with Gasteiger partial charge in [0.2, 0.25) is 0 Å². The largest absolute Gasteiger partial charge is 0.336 e. The molecule has 0 saturated carbocycles. The average Bonchev–Trinajstić information content (AvgIpc) is 2.97. The van der Waals surface area contributed by atoms with Gasteiger partial charge < -0.3 is 4.90 Å². The molecule has 1 saturated heterocycles. The summed E-state index contributed by atoms with van der Waals surface area (Å²) in [4.78, 5) is 17.2. The SMILES string of the molecule is CCn1cc(CN2CCN(C(=O)c3cc(C)ccc3C)CC2)c(C)n1. The van der Waals surface area contributed by atoms with E-state index < -0.39 is 0 Å². The number of carbonyl (C=O) groups excluding carboxylic acids is 1. The Labute approximate surface area is 150 Å². The van der Waals surface area contributed by atoms with Gasteiger partial charge in [-0.1, -0.05) is 17.7 Å². The number of nitrogens with zero attached hydrogens (tertiary/aromatic N) is 4. The smallest absolute Gasteiger partial charge is 0.254 e. The van der Waals surface area contributed by atoms with Crippen LogP contribution >= 0.6 is 0 Å². The zero-order valence-electron chi connectivity index (χ0n) is 15.7. The first kappa shape index (κ1) is 17.7. The predicted molar refractivity (Wildman–Crippen MR) is 99.7 cm³/mol. The highest BCUT2D eigenvalue weighted by Crippen LogP contribution is 2.16. The van der Waals surface area contributed by atoms with Crippen molar-refractivity contribution in [1.29, 1.82) is 0 Å². The van der Waals surface area contributed by atoms with Crippen LogP contribution in [-0.4, -0.2) is 51.7 Å². The Hall–Kier alpha value is -2.14. The molecule has 1 amide bonds. The number of aryl methyl sites for hydroxylation is 4. The van der Waals surface area contributed by atoms with Crippen LogP contribution < -0.4 is 0 Å². The number of amides is 1. The summed E-state index contributed by atoms with van der Waals surface area (Å²) in [6.45, 7) is 13.4. The fourth-order valence-electron chi connectivity index (χ4n) is 3.36. The number of benzene rings is 1. The number of hydrogen-bond acceptors (Lipinski definition) is 3. The molecule has 1 aromatic heterocycles. The second-order valence-corrected chi connectivity index (χ2v) is 6.98. The first-order chi connectivity index (χ1) is 12.0. The van der Waals surface area contributed by atoms with Crippen molar-refractivity contribution in [2.75, 3.05) is 26.2 Å². The summed E-state index contributed by atoms with van der Waals surface area (Å²) < 4.78 is 1.99. The van der Waals surface area contributed by atoms with Crippen molar-refractivity contribution in [2.45, 2.75) is 40.8 Å². The van der Waals surface area contributed by atoms with Crippen molar-refractivity contribution in [3.05, 3.63) is 52.3 Å². The number of carbonyl (C=O) groups is 1. The molecule has 5 heteroatoms. The van der Waals surface area contributed by atoms with E-state index in [0.29, 0.717) is 0 Å². The summed E-state index contributed by atoms with van der Waals surface area (Å²) in [6, 6.07) is 6.10. The molecule has 1 aliphatic rings. The van der Waals surface area contributed by atoms with Gasteiger partial charge in [0.25, 0.3) is 5.91 Å². The van der Waals surface area contributed by atoms with Gasteiger partial charge in [0.15, 0.2) is 0 Å².